The Morgan fingerprint density at radius 1 is 1.26 bits per heavy atom. The van der Waals surface area contributed by atoms with Crippen LogP contribution in [-0.4, -0.2) is 46.9 Å². The molecule has 34 heavy (non-hydrogen) atoms. The van der Waals surface area contributed by atoms with Crippen LogP contribution in [0.3, 0.4) is 0 Å². The maximum atomic E-state index is 15.0. The molecular formula is C21H20ClFN6O4S. The van der Waals surface area contributed by atoms with Gasteiger partial charge in [0.25, 0.3) is 0 Å². The van der Waals surface area contributed by atoms with Crippen molar-refractivity contribution in [2.24, 2.45) is 4.99 Å². The van der Waals surface area contributed by atoms with Crippen LogP contribution in [-0.2, 0) is 15.3 Å². The second-order valence-electron chi connectivity index (χ2n) is 8.49. The molecule has 0 fully saturated rings. The maximum Gasteiger partial charge on any atom is 0.410 e. The van der Waals surface area contributed by atoms with Gasteiger partial charge in [0.15, 0.2) is 17.3 Å². The van der Waals surface area contributed by atoms with Gasteiger partial charge in [-0.25, -0.2) is 23.4 Å². The molecule has 3 aromatic rings. The van der Waals surface area contributed by atoms with Gasteiger partial charge in [-0.05, 0) is 39.0 Å². The van der Waals surface area contributed by atoms with Crippen LogP contribution in [0.1, 0.15) is 26.3 Å². The van der Waals surface area contributed by atoms with E-state index in [9.17, 15) is 14.1 Å². The van der Waals surface area contributed by atoms with Crippen LogP contribution >= 0.6 is 11.6 Å². The van der Waals surface area contributed by atoms with E-state index in [0.717, 1.165) is 0 Å². The third kappa shape index (κ3) is 4.14. The molecule has 1 unspecified atom stereocenters. The highest BCUT2D eigenvalue weighted by molar-refractivity contribution is 7.94. The summed E-state index contributed by atoms with van der Waals surface area (Å²) >= 11 is 5.81. The summed E-state index contributed by atoms with van der Waals surface area (Å²) in [5.74, 6) is -0.556. The van der Waals surface area contributed by atoms with Gasteiger partial charge in [0.1, 0.15) is 21.9 Å². The SMILES string of the molecule is CC1(C)C(NC(=O)O)=N[C@](C)(c2cc(-c3cc(-c4ncc(Cl)cn4)no3)ccc2F)CS1(=N)=O. The van der Waals surface area contributed by atoms with E-state index >= 15 is 4.39 Å². The predicted molar refractivity (Wildman–Crippen MR) is 124 cm³/mol. The smallest absolute Gasteiger partial charge is 0.410 e. The summed E-state index contributed by atoms with van der Waals surface area (Å²) in [6.45, 7) is 4.45. The molecule has 0 saturated carbocycles. The van der Waals surface area contributed by atoms with Gasteiger partial charge in [-0.15, -0.1) is 0 Å². The van der Waals surface area contributed by atoms with Crippen LogP contribution in [0.2, 0.25) is 5.02 Å². The van der Waals surface area contributed by atoms with Crippen LogP contribution in [0.5, 0.6) is 0 Å². The molecule has 1 aromatic carbocycles. The molecule has 2 atom stereocenters. The maximum absolute atomic E-state index is 15.0. The molecule has 4 rings (SSSR count). The number of carboxylic acid groups (broad SMARTS) is 1. The first-order valence-corrected chi connectivity index (χ1v) is 12.0. The van der Waals surface area contributed by atoms with Crippen molar-refractivity contribution in [3.8, 4) is 22.8 Å². The third-order valence-electron chi connectivity index (χ3n) is 5.65. The van der Waals surface area contributed by atoms with E-state index in [1.807, 2.05) is 0 Å². The number of nitrogens with zero attached hydrogens (tertiary/aromatic N) is 4. The van der Waals surface area contributed by atoms with Gasteiger partial charge in [-0.3, -0.25) is 15.1 Å². The van der Waals surface area contributed by atoms with Crippen molar-refractivity contribution in [2.45, 2.75) is 31.1 Å². The lowest BCUT2D eigenvalue weighted by Gasteiger charge is -2.40. The monoisotopic (exact) mass is 506 g/mol. The molecular weight excluding hydrogens is 487 g/mol. The van der Waals surface area contributed by atoms with Crippen molar-refractivity contribution >= 4 is 33.3 Å². The van der Waals surface area contributed by atoms with Crippen LogP contribution in [0.15, 0.2) is 46.2 Å². The number of rotatable bonds is 3. The summed E-state index contributed by atoms with van der Waals surface area (Å²) in [5.41, 5.74) is -0.669. The van der Waals surface area contributed by atoms with Crippen molar-refractivity contribution in [1.82, 2.24) is 20.4 Å². The second-order valence-corrected chi connectivity index (χ2v) is 11.6. The third-order valence-corrected chi connectivity index (χ3v) is 8.66. The molecule has 3 N–H and O–H groups in total. The van der Waals surface area contributed by atoms with Crippen LogP contribution in [0.25, 0.3) is 22.8 Å². The minimum Gasteiger partial charge on any atom is -0.465 e. The first-order valence-electron chi connectivity index (χ1n) is 9.94. The summed E-state index contributed by atoms with van der Waals surface area (Å²) in [4.78, 5) is 23.9. The zero-order valence-corrected chi connectivity index (χ0v) is 19.9. The van der Waals surface area contributed by atoms with Crippen LogP contribution in [0, 0.1) is 10.6 Å². The van der Waals surface area contributed by atoms with Crippen molar-refractivity contribution in [3.05, 3.63) is 53.1 Å². The Balaban J connectivity index is 1.79. The topological polar surface area (TPSA) is 154 Å². The van der Waals surface area contributed by atoms with E-state index in [2.05, 4.69) is 25.4 Å². The summed E-state index contributed by atoms with van der Waals surface area (Å²) in [5, 5.41) is 15.7. The summed E-state index contributed by atoms with van der Waals surface area (Å²) in [7, 11) is -3.43. The number of benzene rings is 1. The Morgan fingerprint density at radius 2 is 1.94 bits per heavy atom. The predicted octanol–water partition coefficient (Wildman–Crippen LogP) is 4.31. The Labute approximate surface area is 199 Å². The van der Waals surface area contributed by atoms with E-state index in [-0.39, 0.29) is 28.7 Å². The summed E-state index contributed by atoms with van der Waals surface area (Å²) < 4.78 is 40.8. The molecule has 0 aliphatic carbocycles. The first kappa shape index (κ1) is 23.8. The average Bonchev–Trinajstić information content (AvgIpc) is 3.22. The van der Waals surface area contributed by atoms with E-state index in [0.29, 0.717) is 16.3 Å². The average molecular weight is 507 g/mol. The van der Waals surface area contributed by atoms with Gasteiger partial charge in [0.2, 0.25) is 0 Å². The highest BCUT2D eigenvalue weighted by Crippen LogP contribution is 2.40. The molecule has 0 bridgehead atoms. The van der Waals surface area contributed by atoms with Crippen molar-refractivity contribution in [1.29, 1.82) is 4.78 Å². The number of hydrogen-bond donors (Lipinski definition) is 3. The van der Waals surface area contributed by atoms with Crippen molar-refractivity contribution in [3.63, 3.8) is 0 Å². The van der Waals surface area contributed by atoms with Gasteiger partial charge in [0, 0.05) is 29.6 Å². The quantitative estimate of drug-likeness (QED) is 0.478. The van der Waals surface area contributed by atoms with E-state index in [1.165, 1.54) is 51.4 Å². The van der Waals surface area contributed by atoms with Crippen LogP contribution < -0.4 is 5.32 Å². The molecule has 0 saturated heterocycles. The number of aliphatic imine (C=N–C) groups is 1. The Kier molecular flexibility index (Phi) is 5.68. The van der Waals surface area contributed by atoms with Gasteiger partial charge >= 0.3 is 6.09 Å². The Morgan fingerprint density at radius 3 is 2.59 bits per heavy atom. The lowest BCUT2D eigenvalue weighted by atomic mass is 9.91. The molecule has 0 spiro atoms. The lowest BCUT2D eigenvalue weighted by molar-refractivity contribution is 0.199. The standard InChI is InChI=1S/C21H20ClFN6O4S/c1-20(2)18(27-19(30)31)28-21(3,10-34(20,24)32)13-6-11(4-5-14(13)23)16-7-15(29-33-16)17-25-8-12(22)9-26-17/h4-9,24H,10H2,1-3H3,(H,27,28)(H,30,31)/t21-,34?/m0/s1. The molecule has 178 valence electrons. The zero-order chi connectivity index (χ0) is 24.9. The number of amidine groups is 1. The van der Waals surface area contributed by atoms with Crippen molar-refractivity contribution in [2.75, 3.05) is 5.75 Å². The molecule has 1 aliphatic heterocycles. The van der Waals surface area contributed by atoms with Crippen LogP contribution in [0.4, 0.5) is 9.18 Å². The fourth-order valence-electron chi connectivity index (χ4n) is 3.62. The molecule has 3 heterocycles. The highest BCUT2D eigenvalue weighted by Gasteiger charge is 2.48. The summed E-state index contributed by atoms with van der Waals surface area (Å²) in [6.07, 6.45) is 1.41. The molecule has 1 aliphatic rings. The first-order chi connectivity index (χ1) is 15.8. The number of halogens is 2. The number of nitrogens with one attached hydrogen (secondary N) is 2. The lowest BCUT2D eigenvalue weighted by Crippen LogP contribution is -2.57. The minimum absolute atomic E-state index is 0.0332. The fourth-order valence-corrected chi connectivity index (χ4v) is 5.50. The van der Waals surface area contributed by atoms with E-state index in [1.54, 1.807) is 6.07 Å². The Hall–Kier alpha value is -3.38. The summed E-state index contributed by atoms with van der Waals surface area (Å²) in [6, 6.07) is 5.70. The van der Waals surface area contributed by atoms with E-state index in [4.69, 9.17) is 20.9 Å². The highest BCUT2D eigenvalue weighted by atomic mass is 35.5. The minimum atomic E-state index is -3.43. The molecule has 1 amide bonds. The molecule has 2 aromatic heterocycles. The zero-order valence-electron chi connectivity index (χ0n) is 18.3. The van der Waals surface area contributed by atoms with Gasteiger partial charge in [-0.2, -0.15) is 0 Å². The van der Waals surface area contributed by atoms with Crippen molar-refractivity contribution < 1.29 is 23.0 Å². The number of hydrogen-bond acceptors (Lipinski definition) is 8. The molecule has 0 radical (unpaired) electrons. The Bertz CT molecular complexity index is 1420. The second kappa shape index (κ2) is 8.13. The van der Waals surface area contributed by atoms with E-state index < -0.39 is 31.9 Å². The number of carbonyl (C=O) groups is 1. The van der Waals surface area contributed by atoms with Gasteiger partial charge in [0.05, 0.1) is 20.5 Å². The fraction of sp³-hybridized carbons (Fsp3) is 0.286. The normalized spacial score (nSPS) is 23.9. The molecule has 13 heteroatoms. The molecule has 10 nitrogen and oxygen atoms in total. The largest absolute Gasteiger partial charge is 0.465 e. The van der Waals surface area contributed by atoms with Gasteiger partial charge in [-0.1, -0.05) is 16.8 Å². The van der Waals surface area contributed by atoms with Gasteiger partial charge < -0.3 is 9.63 Å². The number of amides is 1. The number of aromatic nitrogens is 3.